The Kier molecular flexibility index (Phi) is 4.68. The molecule has 9 heteroatoms. The fraction of sp³-hybridized carbons (Fsp3) is 0.250. The largest absolute Gasteiger partial charge is 0.335 e. The summed E-state index contributed by atoms with van der Waals surface area (Å²) in [7, 11) is 0. The first-order valence-electron chi connectivity index (χ1n) is 5.67. The van der Waals surface area contributed by atoms with Gasteiger partial charge in [0.25, 0.3) is 11.8 Å². The maximum absolute atomic E-state index is 12.0. The molecule has 5 nitrogen and oxygen atoms in total. The van der Waals surface area contributed by atoms with Crippen LogP contribution in [0.4, 0.5) is 0 Å². The molecule has 0 saturated heterocycles. The molecule has 3 amide bonds. The van der Waals surface area contributed by atoms with E-state index in [9.17, 15) is 14.4 Å². The first-order chi connectivity index (χ1) is 9.71. The molecule has 112 valence electrons. The van der Waals surface area contributed by atoms with Gasteiger partial charge in [-0.15, -0.1) is 0 Å². The number of alkyl halides is 4. The highest BCUT2D eigenvalue weighted by Crippen LogP contribution is 2.32. The van der Waals surface area contributed by atoms with Crippen molar-refractivity contribution in [3.8, 4) is 0 Å². The number of carbonyl (C=O) groups is 3. The molecule has 1 aromatic rings. The van der Waals surface area contributed by atoms with Gasteiger partial charge in [-0.1, -0.05) is 58.5 Å². The molecule has 1 unspecified atom stereocenters. The number of rotatable bonds is 3. The minimum Gasteiger partial charge on any atom is -0.335 e. The Bertz CT molecular complexity index is 580. The molecule has 1 atom stereocenters. The van der Waals surface area contributed by atoms with Crippen LogP contribution in [0.15, 0.2) is 24.3 Å². The topological polar surface area (TPSA) is 66.5 Å². The van der Waals surface area contributed by atoms with E-state index < -0.39 is 33.6 Å². The molecule has 1 aliphatic rings. The van der Waals surface area contributed by atoms with Crippen molar-refractivity contribution in [2.45, 2.75) is 9.29 Å². The van der Waals surface area contributed by atoms with Crippen molar-refractivity contribution in [2.75, 3.05) is 6.54 Å². The average molecular weight is 370 g/mol. The molecule has 0 aliphatic carbocycles. The first kappa shape index (κ1) is 16.4. The number of nitrogens with one attached hydrogen (secondary N) is 1. The van der Waals surface area contributed by atoms with Gasteiger partial charge >= 0.3 is 0 Å². The molecular formula is C12H8Cl4N2O3. The van der Waals surface area contributed by atoms with Crippen molar-refractivity contribution < 1.29 is 14.4 Å². The van der Waals surface area contributed by atoms with Gasteiger partial charge in [-0.2, -0.15) is 0 Å². The summed E-state index contributed by atoms with van der Waals surface area (Å²) >= 11 is 22.2. The van der Waals surface area contributed by atoms with Crippen molar-refractivity contribution >= 4 is 64.1 Å². The van der Waals surface area contributed by atoms with Crippen LogP contribution in [0.2, 0.25) is 0 Å². The molecular weight excluding hydrogens is 362 g/mol. The second kappa shape index (κ2) is 6.01. The van der Waals surface area contributed by atoms with E-state index in [1.165, 1.54) is 12.1 Å². The molecule has 0 bridgehead atoms. The van der Waals surface area contributed by atoms with Crippen LogP contribution in [0.3, 0.4) is 0 Å². The number of imide groups is 1. The highest BCUT2D eigenvalue weighted by molar-refractivity contribution is 6.70. The number of nitrogens with zero attached hydrogens (tertiary/aromatic N) is 1. The molecule has 1 aromatic carbocycles. The summed E-state index contributed by atoms with van der Waals surface area (Å²) in [4.78, 5) is 36.7. The van der Waals surface area contributed by atoms with E-state index in [0.29, 0.717) is 0 Å². The first-order valence-corrected chi connectivity index (χ1v) is 7.24. The lowest BCUT2D eigenvalue weighted by Crippen LogP contribution is -2.46. The molecule has 1 aliphatic heterocycles. The maximum atomic E-state index is 12.0. The monoisotopic (exact) mass is 368 g/mol. The van der Waals surface area contributed by atoms with E-state index in [-0.39, 0.29) is 11.1 Å². The Hall–Kier alpha value is -1.01. The second-order valence-corrected chi connectivity index (χ2v) is 7.02. The summed E-state index contributed by atoms with van der Waals surface area (Å²) in [5.41, 5.74) is -0.789. The van der Waals surface area contributed by atoms with Crippen molar-refractivity contribution in [3.05, 3.63) is 35.4 Å². The summed E-state index contributed by atoms with van der Waals surface area (Å²) in [6.07, 6.45) is 0. The van der Waals surface area contributed by atoms with Crippen LogP contribution in [-0.4, -0.2) is 38.5 Å². The van der Waals surface area contributed by atoms with Crippen molar-refractivity contribution in [1.82, 2.24) is 10.2 Å². The number of halogens is 4. The number of benzene rings is 1. The molecule has 0 fully saturated rings. The number of amides is 3. The second-order valence-electron chi connectivity index (χ2n) is 4.21. The van der Waals surface area contributed by atoms with E-state index in [4.69, 9.17) is 46.4 Å². The van der Waals surface area contributed by atoms with E-state index in [0.717, 1.165) is 4.90 Å². The Balaban J connectivity index is 2.07. The smallest absolute Gasteiger partial charge is 0.262 e. The fourth-order valence-electron chi connectivity index (χ4n) is 1.80. The lowest BCUT2D eigenvalue weighted by Gasteiger charge is -2.20. The molecule has 2 rings (SSSR count). The summed E-state index contributed by atoms with van der Waals surface area (Å²) in [5.74, 6) is -1.81. The summed E-state index contributed by atoms with van der Waals surface area (Å²) in [6.45, 7) is -0.504. The summed E-state index contributed by atoms with van der Waals surface area (Å²) < 4.78 is -1.90. The van der Waals surface area contributed by atoms with Crippen LogP contribution >= 0.6 is 46.4 Å². The predicted molar refractivity (Wildman–Crippen MR) is 79.9 cm³/mol. The molecule has 0 saturated carbocycles. The van der Waals surface area contributed by atoms with Crippen LogP contribution in [0.1, 0.15) is 20.7 Å². The Morgan fingerprint density at radius 3 is 2.05 bits per heavy atom. The third-order valence-electron chi connectivity index (χ3n) is 2.75. The zero-order valence-electron chi connectivity index (χ0n) is 10.3. The van der Waals surface area contributed by atoms with Gasteiger partial charge in [0.15, 0.2) is 5.50 Å². The fourth-order valence-corrected chi connectivity index (χ4v) is 2.08. The third kappa shape index (κ3) is 3.43. The van der Waals surface area contributed by atoms with Crippen LogP contribution in [0.5, 0.6) is 0 Å². The highest BCUT2D eigenvalue weighted by Gasteiger charge is 2.38. The normalized spacial score (nSPS) is 15.9. The lowest BCUT2D eigenvalue weighted by molar-refractivity contribution is -0.121. The van der Waals surface area contributed by atoms with Crippen molar-refractivity contribution in [1.29, 1.82) is 0 Å². The molecule has 1 N–H and O–H groups in total. The third-order valence-corrected chi connectivity index (χ3v) is 4.18. The number of hydrogen-bond acceptors (Lipinski definition) is 3. The van der Waals surface area contributed by atoms with Gasteiger partial charge in [0.1, 0.15) is 6.54 Å². The van der Waals surface area contributed by atoms with Gasteiger partial charge in [0, 0.05) is 0 Å². The standard InChI is InChI=1S/C12H8Cl4N2O3/c13-11(12(14,15)16)17-8(19)5-18-9(20)6-3-1-2-4-7(6)10(18)21/h1-4,11H,5H2,(H,17,19). The predicted octanol–water partition coefficient (Wildman–Crippen LogP) is 2.33. The van der Waals surface area contributed by atoms with E-state index in [1.807, 2.05) is 0 Å². The van der Waals surface area contributed by atoms with Gasteiger partial charge in [-0.25, -0.2) is 0 Å². The number of hydrogen-bond donors (Lipinski definition) is 1. The molecule has 0 spiro atoms. The van der Waals surface area contributed by atoms with Crippen molar-refractivity contribution in [3.63, 3.8) is 0 Å². The van der Waals surface area contributed by atoms with Crippen LogP contribution < -0.4 is 5.32 Å². The van der Waals surface area contributed by atoms with E-state index in [1.54, 1.807) is 12.1 Å². The zero-order valence-corrected chi connectivity index (χ0v) is 13.3. The number of carbonyl (C=O) groups excluding carboxylic acids is 3. The number of fused-ring (bicyclic) bond motifs is 1. The summed E-state index contributed by atoms with van der Waals surface area (Å²) in [6, 6.07) is 6.29. The van der Waals surface area contributed by atoms with E-state index in [2.05, 4.69) is 5.32 Å². The minimum atomic E-state index is -1.90. The Morgan fingerprint density at radius 2 is 1.62 bits per heavy atom. The zero-order chi connectivity index (χ0) is 15.8. The minimum absolute atomic E-state index is 0.249. The molecule has 0 aromatic heterocycles. The van der Waals surface area contributed by atoms with Gasteiger partial charge < -0.3 is 5.32 Å². The Morgan fingerprint density at radius 1 is 1.14 bits per heavy atom. The lowest BCUT2D eigenvalue weighted by atomic mass is 10.1. The van der Waals surface area contributed by atoms with Crippen LogP contribution in [-0.2, 0) is 4.79 Å². The average Bonchev–Trinajstić information content (AvgIpc) is 2.63. The molecule has 0 radical (unpaired) electrons. The van der Waals surface area contributed by atoms with Gasteiger partial charge in [-0.05, 0) is 12.1 Å². The summed E-state index contributed by atoms with van der Waals surface area (Å²) in [5, 5.41) is 2.20. The quantitative estimate of drug-likeness (QED) is 0.505. The van der Waals surface area contributed by atoms with Crippen molar-refractivity contribution in [2.24, 2.45) is 0 Å². The SMILES string of the molecule is O=C(CN1C(=O)c2ccccc2C1=O)NC(Cl)C(Cl)(Cl)Cl. The van der Waals surface area contributed by atoms with Gasteiger partial charge in [-0.3, -0.25) is 19.3 Å². The van der Waals surface area contributed by atoms with Gasteiger partial charge in [0.2, 0.25) is 9.70 Å². The maximum Gasteiger partial charge on any atom is 0.262 e. The Labute approximate surface area is 140 Å². The molecule has 1 heterocycles. The van der Waals surface area contributed by atoms with E-state index >= 15 is 0 Å². The van der Waals surface area contributed by atoms with Crippen LogP contribution in [0, 0.1) is 0 Å². The van der Waals surface area contributed by atoms with Crippen LogP contribution in [0.25, 0.3) is 0 Å². The molecule has 21 heavy (non-hydrogen) atoms. The highest BCUT2D eigenvalue weighted by atomic mass is 35.6. The van der Waals surface area contributed by atoms with Gasteiger partial charge in [0.05, 0.1) is 11.1 Å².